The van der Waals surface area contributed by atoms with E-state index in [1.54, 1.807) is 18.2 Å². The van der Waals surface area contributed by atoms with Crippen molar-refractivity contribution >= 4 is 34.6 Å². The largest absolute Gasteiger partial charge is 0.511 e. The van der Waals surface area contributed by atoms with Crippen molar-refractivity contribution in [1.82, 2.24) is 0 Å². The summed E-state index contributed by atoms with van der Waals surface area (Å²) in [6.45, 7) is 0. The van der Waals surface area contributed by atoms with Crippen molar-refractivity contribution in [1.29, 1.82) is 0 Å². The highest BCUT2D eigenvalue weighted by atomic mass is 35.5. The van der Waals surface area contributed by atoms with E-state index in [0.29, 0.717) is 27.6 Å². The van der Waals surface area contributed by atoms with Crippen LogP contribution in [0.2, 0.25) is 10.0 Å². The fourth-order valence-corrected chi connectivity index (χ4v) is 3.99. The van der Waals surface area contributed by atoms with Crippen LogP contribution in [-0.2, 0) is 4.79 Å². The van der Waals surface area contributed by atoms with Gasteiger partial charge in [0.25, 0.3) is 0 Å². The Morgan fingerprint density at radius 1 is 1.10 bits per heavy atom. The van der Waals surface area contributed by atoms with Gasteiger partial charge in [-0.2, -0.15) is 0 Å². The number of aliphatic hydroxyl groups excluding tert-OH is 1. The summed E-state index contributed by atoms with van der Waals surface area (Å²) in [4.78, 5) is 12.4. The Kier molecular flexibility index (Phi) is 3.55. The maximum absolute atomic E-state index is 12.4. The van der Waals surface area contributed by atoms with Crippen LogP contribution in [0.25, 0.3) is 5.57 Å². The topological polar surface area (TPSA) is 37.3 Å². The maximum Gasteiger partial charge on any atom is 0.167 e. The first kappa shape index (κ1) is 14.0. The molecule has 0 aromatic heterocycles. The smallest absolute Gasteiger partial charge is 0.167 e. The molecule has 0 bridgehead atoms. The molecule has 2 aliphatic carbocycles. The fourth-order valence-electron chi connectivity index (χ4n) is 3.49. The molecule has 1 saturated carbocycles. The monoisotopic (exact) mass is 310 g/mol. The van der Waals surface area contributed by atoms with Gasteiger partial charge in [0.15, 0.2) is 5.78 Å². The Labute approximate surface area is 128 Å². The summed E-state index contributed by atoms with van der Waals surface area (Å²) in [5, 5.41) is 11.6. The van der Waals surface area contributed by atoms with E-state index in [2.05, 4.69) is 0 Å². The molecule has 1 aromatic carbocycles. The third-order valence-corrected chi connectivity index (χ3v) is 5.08. The van der Waals surface area contributed by atoms with Crippen molar-refractivity contribution in [3.63, 3.8) is 0 Å². The molecule has 2 aliphatic rings. The molecule has 0 saturated heterocycles. The highest BCUT2D eigenvalue weighted by Gasteiger charge is 2.46. The molecule has 2 nitrogen and oxygen atoms in total. The van der Waals surface area contributed by atoms with Gasteiger partial charge in [-0.15, -0.1) is 0 Å². The minimum Gasteiger partial charge on any atom is -0.511 e. The second-order valence-corrected chi connectivity index (χ2v) is 6.63. The molecule has 0 aliphatic heterocycles. The Balaban J connectivity index is 2.09. The number of rotatable bonds is 1. The summed E-state index contributed by atoms with van der Waals surface area (Å²) in [5.74, 6) is 0.236. The zero-order chi connectivity index (χ0) is 14.3. The summed E-state index contributed by atoms with van der Waals surface area (Å²) in [6.07, 6.45) is 5.50. The van der Waals surface area contributed by atoms with Crippen LogP contribution in [0.5, 0.6) is 0 Å². The Morgan fingerprint density at radius 2 is 1.80 bits per heavy atom. The van der Waals surface area contributed by atoms with E-state index in [4.69, 9.17) is 23.2 Å². The van der Waals surface area contributed by atoms with Crippen molar-refractivity contribution in [3.8, 4) is 0 Å². The van der Waals surface area contributed by atoms with Crippen molar-refractivity contribution in [2.75, 3.05) is 0 Å². The summed E-state index contributed by atoms with van der Waals surface area (Å²) < 4.78 is 0. The SMILES string of the molecule is O=C1CC2(CCCCC2)C(O)=C1c1ccc(Cl)cc1Cl. The fraction of sp³-hybridized carbons (Fsp3) is 0.438. The molecule has 1 spiro atoms. The number of allylic oxidation sites excluding steroid dienone is 2. The van der Waals surface area contributed by atoms with E-state index < -0.39 is 0 Å². The van der Waals surface area contributed by atoms with Gasteiger partial charge in [-0.1, -0.05) is 48.5 Å². The predicted octanol–water partition coefficient (Wildman–Crippen LogP) is 5.19. The quantitative estimate of drug-likeness (QED) is 0.775. The molecule has 1 N–H and O–H groups in total. The van der Waals surface area contributed by atoms with Gasteiger partial charge in [-0.25, -0.2) is 0 Å². The highest BCUT2D eigenvalue weighted by molar-refractivity contribution is 6.38. The molecule has 106 valence electrons. The molecule has 0 heterocycles. The molecule has 0 unspecified atom stereocenters. The second-order valence-electron chi connectivity index (χ2n) is 5.79. The second kappa shape index (κ2) is 5.09. The molecule has 3 rings (SSSR count). The maximum atomic E-state index is 12.4. The van der Waals surface area contributed by atoms with Crippen molar-refractivity contribution in [2.24, 2.45) is 5.41 Å². The molecule has 1 aromatic rings. The number of carbonyl (C=O) groups excluding carboxylic acids is 1. The highest BCUT2D eigenvalue weighted by Crippen LogP contribution is 2.52. The number of carbonyl (C=O) groups is 1. The van der Waals surface area contributed by atoms with Crippen LogP contribution in [-0.4, -0.2) is 10.9 Å². The average Bonchev–Trinajstić information content (AvgIpc) is 2.63. The van der Waals surface area contributed by atoms with E-state index in [1.165, 1.54) is 6.42 Å². The Hall–Kier alpha value is -0.990. The summed E-state index contributed by atoms with van der Waals surface area (Å²) >= 11 is 12.1. The van der Waals surface area contributed by atoms with Crippen molar-refractivity contribution in [3.05, 3.63) is 39.6 Å². The van der Waals surface area contributed by atoms with E-state index in [-0.39, 0.29) is 17.0 Å². The molecule has 1 fully saturated rings. The van der Waals surface area contributed by atoms with Gasteiger partial charge >= 0.3 is 0 Å². The van der Waals surface area contributed by atoms with Crippen LogP contribution in [0, 0.1) is 5.41 Å². The number of benzene rings is 1. The van der Waals surface area contributed by atoms with Gasteiger partial charge in [0, 0.05) is 22.4 Å². The minimum absolute atomic E-state index is 0.00591. The molecule has 0 radical (unpaired) electrons. The third-order valence-electron chi connectivity index (χ3n) is 4.53. The first-order valence-corrected chi connectivity index (χ1v) is 7.71. The van der Waals surface area contributed by atoms with E-state index in [9.17, 15) is 9.90 Å². The van der Waals surface area contributed by atoms with Crippen molar-refractivity contribution < 1.29 is 9.90 Å². The molecule has 4 heteroatoms. The Bertz CT molecular complexity index is 598. The van der Waals surface area contributed by atoms with Gasteiger partial charge in [0.2, 0.25) is 0 Å². The lowest BCUT2D eigenvalue weighted by Gasteiger charge is -2.32. The first-order valence-electron chi connectivity index (χ1n) is 6.96. The molecule has 20 heavy (non-hydrogen) atoms. The van der Waals surface area contributed by atoms with Gasteiger partial charge in [-0.05, 0) is 25.0 Å². The van der Waals surface area contributed by atoms with Crippen LogP contribution in [0.4, 0.5) is 0 Å². The van der Waals surface area contributed by atoms with Crippen LogP contribution in [0.1, 0.15) is 44.1 Å². The van der Waals surface area contributed by atoms with Crippen LogP contribution in [0.15, 0.2) is 24.0 Å². The summed E-state index contributed by atoms with van der Waals surface area (Å²) in [7, 11) is 0. The number of hydrogen-bond acceptors (Lipinski definition) is 2. The van der Waals surface area contributed by atoms with Crippen LogP contribution < -0.4 is 0 Å². The van der Waals surface area contributed by atoms with Crippen LogP contribution in [0.3, 0.4) is 0 Å². The number of hydrogen-bond donors (Lipinski definition) is 1. The zero-order valence-corrected chi connectivity index (χ0v) is 12.6. The molecular formula is C16H16Cl2O2. The predicted molar refractivity (Wildman–Crippen MR) is 81.2 cm³/mol. The van der Waals surface area contributed by atoms with Gasteiger partial charge in [0.1, 0.15) is 5.76 Å². The number of Topliss-reactive ketones (excluding diaryl/α,β-unsaturated/α-hetero) is 1. The lowest BCUT2D eigenvalue weighted by Crippen LogP contribution is -2.24. The third kappa shape index (κ3) is 2.15. The first-order chi connectivity index (χ1) is 9.53. The normalized spacial score (nSPS) is 21.8. The lowest BCUT2D eigenvalue weighted by atomic mass is 9.72. The van der Waals surface area contributed by atoms with E-state index in [0.717, 1.165) is 25.7 Å². The summed E-state index contributed by atoms with van der Waals surface area (Å²) in [5.41, 5.74) is 0.655. The van der Waals surface area contributed by atoms with E-state index in [1.807, 2.05) is 0 Å². The van der Waals surface area contributed by atoms with Crippen LogP contribution >= 0.6 is 23.2 Å². The number of ketones is 1. The summed E-state index contributed by atoms with van der Waals surface area (Å²) in [6, 6.07) is 5.02. The van der Waals surface area contributed by atoms with E-state index >= 15 is 0 Å². The number of aliphatic hydroxyl groups is 1. The minimum atomic E-state index is -0.340. The average molecular weight is 311 g/mol. The zero-order valence-electron chi connectivity index (χ0n) is 11.1. The van der Waals surface area contributed by atoms with Gasteiger partial charge in [-0.3, -0.25) is 4.79 Å². The van der Waals surface area contributed by atoms with Gasteiger partial charge in [0.05, 0.1) is 10.6 Å². The number of halogens is 2. The molecule has 0 atom stereocenters. The standard InChI is InChI=1S/C16H16Cl2O2/c17-10-4-5-11(12(18)8-10)14-13(19)9-16(15(14)20)6-2-1-3-7-16/h4-5,8,20H,1-3,6-7,9H2. The van der Waals surface area contributed by atoms with Gasteiger partial charge < -0.3 is 5.11 Å². The molecular weight excluding hydrogens is 295 g/mol. The Morgan fingerprint density at radius 3 is 2.45 bits per heavy atom. The lowest BCUT2D eigenvalue weighted by molar-refractivity contribution is -0.114. The molecule has 0 amide bonds. The van der Waals surface area contributed by atoms with Crippen molar-refractivity contribution in [2.45, 2.75) is 38.5 Å².